The summed E-state index contributed by atoms with van der Waals surface area (Å²) in [5, 5.41) is 0.247. The molecule has 48 heavy (non-hydrogen) atoms. The Morgan fingerprint density at radius 1 is 1.19 bits per heavy atom. The number of amides is 2. The van der Waals surface area contributed by atoms with Gasteiger partial charge < -0.3 is 19.4 Å². The number of likely N-dealkylation sites (tertiary alicyclic amines) is 2. The van der Waals surface area contributed by atoms with Gasteiger partial charge in [0.2, 0.25) is 6.41 Å². The van der Waals surface area contributed by atoms with E-state index >= 15 is 0 Å². The van der Waals surface area contributed by atoms with Crippen molar-refractivity contribution in [2.45, 2.75) is 80.7 Å². The first-order valence-electron chi connectivity index (χ1n) is 16.7. The Bertz CT molecular complexity index is 1320. The van der Waals surface area contributed by atoms with Gasteiger partial charge in [0, 0.05) is 26.2 Å². The summed E-state index contributed by atoms with van der Waals surface area (Å²) in [6.45, 7) is 19.5. The molecule has 0 saturated carbocycles. The summed E-state index contributed by atoms with van der Waals surface area (Å²) in [6, 6.07) is 7.92. The molecular weight excluding hydrogens is 622 g/mol. The van der Waals surface area contributed by atoms with E-state index in [4.69, 9.17) is 16.3 Å². The Morgan fingerprint density at radius 3 is 2.27 bits per heavy atom. The van der Waals surface area contributed by atoms with Crippen LogP contribution in [0.1, 0.15) is 88.8 Å². The monoisotopic (exact) mass is 679 g/mol. The number of rotatable bonds is 9. The standard InChI is InChI=1S/C18H28N2O2.C11H14ClN3O.C7H12.C3H4/c1-18(8-11-19(2)12-9-18)10-13-20(15-21)14-16-4-6-17(22-3)7-5-16;1-7-3-4-15(5-7)11(16)9-8(2)13-6-14-10(9)12;1-4-5-6-7(2)3;1-3-2/h4-7,15H,8-14H2,1-3H3;6-7H,3-5H2,1-2H3;4-6H,1-3H3;1H,2H3/b;;5-4-;. The number of benzene rings is 1. The summed E-state index contributed by atoms with van der Waals surface area (Å²) in [5.41, 5.74) is 3.94. The van der Waals surface area contributed by atoms with Gasteiger partial charge in [-0.05, 0) is 109 Å². The molecule has 1 atom stereocenters. The molecule has 0 spiro atoms. The number of methoxy groups -OCH3 is 1. The summed E-state index contributed by atoms with van der Waals surface area (Å²) in [7, 11) is 3.84. The van der Waals surface area contributed by atoms with E-state index in [2.05, 4.69) is 68.0 Å². The van der Waals surface area contributed by atoms with Crippen molar-refractivity contribution < 1.29 is 14.3 Å². The fraction of sp³-hybridized carbons (Fsp3) is 0.538. The Balaban J connectivity index is 0.000000386. The van der Waals surface area contributed by atoms with Crippen LogP contribution in [0.25, 0.3) is 0 Å². The van der Waals surface area contributed by atoms with E-state index in [1.807, 2.05) is 53.1 Å². The molecule has 8 nitrogen and oxygen atoms in total. The number of carbonyl (C=O) groups excluding carboxylic acids is 2. The zero-order chi connectivity index (χ0) is 36.1. The number of ether oxygens (including phenoxy) is 1. The molecular formula is C39H58ClN5O3. The molecule has 264 valence electrons. The first kappa shape index (κ1) is 42.4. The SMILES string of the molecule is C#CC.C/C=C\C=C(C)C.COc1ccc(CN(C=O)CCC2(C)CCN(C)CC2)cc1.Cc1ncnc(Cl)c1C(=O)N1CCC(C)C1. The van der Waals surface area contributed by atoms with E-state index in [0.29, 0.717) is 29.1 Å². The van der Waals surface area contributed by atoms with Crippen LogP contribution in [0.4, 0.5) is 0 Å². The molecule has 0 N–H and O–H groups in total. The molecule has 2 amide bonds. The van der Waals surface area contributed by atoms with Crippen LogP contribution in [-0.4, -0.2) is 83.9 Å². The Morgan fingerprint density at radius 2 is 1.81 bits per heavy atom. The molecule has 3 heterocycles. The lowest BCUT2D eigenvalue weighted by molar-refractivity contribution is -0.119. The topological polar surface area (TPSA) is 78.9 Å². The van der Waals surface area contributed by atoms with Gasteiger partial charge in [0.15, 0.2) is 0 Å². The molecule has 2 aliphatic heterocycles. The van der Waals surface area contributed by atoms with Crippen molar-refractivity contribution in [1.82, 2.24) is 24.7 Å². The van der Waals surface area contributed by atoms with Gasteiger partial charge >= 0.3 is 0 Å². The van der Waals surface area contributed by atoms with Gasteiger partial charge in [-0.15, -0.1) is 12.3 Å². The summed E-state index contributed by atoms with van der Waals surface area (Å²) in [4.78, 5) is 37.5. The highest BCUT2D eigenvalue weighted by atomic mass is 35.5. The number of carbonyl (C=O) groups is 2. The van der Waals surface area contributed by atoms with Crippen LogP contribution in [0.5, 0.6) is 5.75 Å². The van der Waals surface area contributed by atoms with Gasteiger partial charge in [0.1, 0.15) is 17.2 Å². The molecule has 1 aromatic carbocycles. The van der Waals surface area contributed by atoms with Gasteiger partial charge in [-0.2, -0.15) is 0 Å². The van der Waals surface area contributed by atoms with E-state index in [-0.39, 0.29) is 11.1 Å². The number of terminal acetylenes is 1. The van der Waals surface area contributed by atoms with Crippen molar-refractivity contribution >= 4 is 23.9 Å². The highest BCUT2D eigenvalue weighted by Crippen LogP contribution is 2.34. The molecule has 2 saturated heterocycles. The first-order valence-corrected chi connectivity index (χ1v) is 17.1. The summed E-state index contributed by atoms with van der Waals surface area (Å²) >= 11 is 5.94. The van der Waals surface area contributed by atoms with Gasteiger partial charge in [-0.25, -0.2) is 9.97 Å². The maximum Gasteiger partial charge on any atom is 0.258 e. The predicted molar refractivity (Wildman–Crippen MR) is 199 cm³/mol. The summed E-state index contributed by atoms with van der Waals surface area (Å²) < 4.78 is 5.16. The molecule has 4 rings (SSSR count). The highest BCUT2D eigenvalue weighted by Gasteiger charge is 2.29. The van der Waals surface area contributed by atoms with Crippen molar-refractivity contribution in [2.24, 2.45) is 11.3 Å². The maximum absolute atomic E-state index is 12.2. The van der Waals surface area contributed by atoms with Crippen LogP contribution in [0, 0.1) is 30.6 Å². The lowest BCUT2D eigenvalue weighted by Crippen LogP contribution is -2.38. The fourth-order valence-corrected chi connectivity index (χ4v) is 5.47. The summed E-state index contributed by atoms with van der Waals surface area (Å²) in [5.74, 6) is 3.61. The minimum absolute atomic E-state index is 0.0487. The molecule has 0 bridgehead atoms. The molecule has 0 aliphatic carbocycles. The van der Waals surface area contributed by atoms with Crippen LogP contribution in [0.15, 0.2) is 54.4 Å². The molecule has 2 aromatic rings. The fourth-order valence-electron chi connectivity index (χ4n) is 5.21. The molecule has 9 heteroatoms. The van der Waals surface area contributed by atoms with Gasteiger partial charge in [0.05, 0.1) is 18.4 Å². The number of aryl methyl sites for hydroxylation is 1. The minimum atomic E-state index is -0.0487. The van der Waals surface area contributed by atoms with Crippen molar-refractivity contribution in [3.8, 4) is 18.1 Å². The first-order chi connectivity index (χ1) is 22.8. The van der Waals surface area contributed by atoms with Crippen LogP contribution in [0.3, 0.4) is 0 Å². The molecule has 0 radical (unpaired) electrons. The predicted octanol–water partition coefficient (Wildman–Crippen LogP) is 7.86. The number of allylic oxidation sites excluding steroid dienone is 4. The molecule has 2 aliphatic rings. The summed E-state index contributed by atoms with van der Waals surface area (Å²) in [6.07, 6.45) is 17.7. The van der Waals surface area contributed by atoms with E-state index in [9.17, 15) is 9.59 Å². The van der Waals surface area contributed by atoms with Crippen molar-refractivity contribution in [3.05, 3.63) is 76.4 Å². The van der Waals surface area contributed by atoms with E-state index in [0.717, 1.165) is 63.3 Å². The quantitative estimate of drug-likeness (QED) is 0.116. The number of hydrogen-bond acceptors (Lipinski definition) is 6. The third-order valence-corrected chi connectivity index (χ3v) is 8.71. The smallest absolute Gasteiger partial charge is 0.258 e. The lowest BCUT2D eigenvalue weighted by atomic mass is 9.77. The molecule has 1 aromatic heterocycles. The zero-order valence-electron chi connectivity index (χ0n) is 30.8. The highest BCUT2D eigenvalue weighted by molar-refractivity contribution is 6.32. The van der Waals surface area contributed by atoms with E-state index in [1.165, 1.54) is 24.7 Å². The number of nitrogens with zero attached hydrogens (tertiary/aromatic N) is 5. The van der Waals surface area contributed by atoms with E-state index < -0.39 is 0 Å². The Hall–Kier alpha value is -3.67. The number of hydrogen-bond donors (Lipinski definition) is 0. The second kappa shape index (κ2) is 22.8. The maximum atomic E-state index is 12.2. The van der Waals surface area contributed by atoms with Gasteiger partial charge in [0.25, 0.3) is 5.91 Å². The Kier molecular flexibility index (Phi) is 20.1. The minimum Gasteiger partial charge on any atom is -0.497 e. The zero-order valence-corrected chi connectivity index (χ0v) is 31.5. The third-order valence-electron chi connectivity index (χ3n) is 8.43. The average molecular weight is 680 g/mol. The van der Waals surface area contributed by atoms with Gasteiger partial charge in [-0.1, -0.05) is 61.4 Å². The largest absolute Gasteiger partial charge is 0.497 e. The lowest BCUT2D eigenvalue weighted by Gasteiger charge is -2.38. The van der Waals surface area contributed by atoms with Gasteiger partial charge in [-0.3, -0.25) is 9.59 Å². The van der Waals surface area contributed by atoms with E-state index in [1.54, 1.807) is 21.0 Å². The second-order valence-corrected chi connectivity index (χ2v) is 13.5. The van der Waals surface area contributed by atoms with Crippen molar-refractivity contribution in [2.75, 3.05) is 46.9 Å². The number of halogens is 1. The number of piperidine rings is 1. The van der Waals surface area contributed by atoms with Crippen LogP contribution >= 0.6 is 11.6 Å². The van der Waals surface area contributed by atoms with Crippen molar-refractivity contribution in [3.63, 3.8) is 0 Å². The number of aromatic nitrogens is 2. The third kappa shape index (κ3) is 16.0. The normalized spacial score (nSPS) is 16.5. The Labute approximate surface area is 295 Å². The average Bonchev–Trinajstić information content (AvgIpc) is 3.51. The van der Waals surface area contributed by atoms with Crippen LogP contribution < -0.4 is 4.74 Å². The van der Waals surface area contributed by atoms with Crippen LogP contribution in [0.2, 0.25) is 5.15 Å². The molecule has 1 unspecified atom stereocenters. The van der Waals surface area contributed by atoms with Crippen LogP contribution in [-0.2, 0) is 11.3 Å². The molecule has 2 fully saturated rings. The van der Waals surface area contributed by atoms with Crippen molar-refractivity contribution in [1.29, 1.82) is 0 Å². The second-order valence-electron chi connectivity index (χ2n) is 13.1.